The van der Waals surface area contributed by atoms with Crippen LogP contribution in [0.25, 0.3) is 0 Å². The Bertz CT molecular complexity index is 1720. The molecule has 0 unspecified atom stereocenters. The van der Waals surface area contributed by atoms with E-state index in [2.05, 4.69) is 15.3 Å². The number of aryl methyl sites for hydroxylation is 4. The van der Waals surface area contributed by atoms with Crippen LogP contribution in [0.2, 0.25) is 10.0 Å². The zero-order chi connectivity index (χ0) is 32.6. The van der Waals surface area contributed by atoms with Gasteiger partial charge in [0.1, 0.15) is 11.4 Å². The number of carbonyl (C=O) groups is 2. The van der Waals surface area contributed by atoms with Gasteiger partial charge in [-0.15, -0.1) is 22.7 Å². The van der Waals surface area contributed by atoms with Gasteiger partial charge in [0, 0.05) is 33.4 Å². The van der Waals surface area contributed by atoms with Crippen LogP contribution in [0.1, 0.15) is 40.7 Å². The molecule has 10 nitrogen and oxygen atoms in total. The molecule has 0 saturated heterocycles. The zero-order valence-corrected chi connectivity index (χ0v) is 29.1. The van der Waals surface area contributed by atoms with Crippen LogP contribution in [-0.2, 0) is 10.8 Å². The van der Waals surface area contributed by atoms with E-state index in [0.29, 0.717) is 42.6 Å². The molecule has 0 amide bonds. The molecule has 1 N–H and O–H groups in total. The Balaban J connectivity index is 0.000000945. The number of hydrazone groups is 2. The van der Waals surface area contributed by atoms with Gasteiger partial charge in [-0.3, -0.25) is 19.1 Å². The normalized spacial score (nSPS) is 17.4. The van der Waals surface area contributed by atoms with E-state index < -0.39 is 23.1 Å². The standard InChI is InChI=1S/C28H23Cl2N7O2S2.C2H6OS/c1-13-25(40-15(3)31-13)23(38)21-27-33-28(37(34-21)20-11-7-18(30)8-12-20)22(24(39)26-14(2)32-16(4)41-26)35-36(27)19-9-5-17(29)6-10-19;1-4(2)3/h5-12,27-28,33H,1-4H3;1-2H3/t27-,28-;/m0./s1. The highest BCUT2D eigenvalue weighted by atomic mass is 35.5. The number of benzene rings is 2. The predicted molar refractivity (Wildman–Crippen MR) is 185 cm³/mol. The van der Waals surface area contributed by atoms with Gasteiger partial charge in [0.05, 0.1) is 42.5 Å². The van der Waals surface area contributed by atoms with Crippen LogP contribution in [-0.4, -0.2) is 62.0 Å². The fourth-order valence-electron chi connectivity index (χ4n) is 4.79. The van der Waals surface area contributed by atoms with Crippen LogP contribution in [0.15, 0.2) is 58.7 Å². The molecule has 234 valence electrons. The molecule has 0 radical (unpaired) electrons. The van der Waals surface area contributed by atoms with Gasteiger partial charge < -0.3 is 0 Å². The molecule has 0 saturated carbocycles. The van der Waals surface area contributed by atoms with Crippen LogP contribution >= 0.6 is 45.9 Å². The Morgan fingerprint density at radius 1 is 0.711 bits per heavy atom. The SMILES string of the molecule is CS(C)=O.Cc1nc(C)c(C(=O)C2=NN(c3ccc(Cl)cc3)[C@@H]3N[C@H]2N(c2ccc(Cl)cc2)N=C3C(=O)c2sc(C)nc2C)s1. The number of anilines is 2. The summed E-state index contributed by atoms with van der Waals surface area (Å²) in [5.74, 6) is -0.554. The minimum Gasteiger partial charge on any atom is -0.286 e. The molecule has 2 aromatic heterocycles. The van der Waals surface area contributed by atoms with Crippen molar-refractivity contribution in [2.24, 2.45) is 10.2 Å². The molecule has 4 aromatic rings. The van der Waals surface area contributed by atoms with Crippen molar-refractivity contribution in [3.63, 3.8) is 0 Å². The van der Waals surface area contributed by atoms with E-state index in [4.69, 9.17) is 33.4 Å². The summed E-state index contributed by atoms with van der Waals surface area (Å²) < 4.78 is 9.56. The van der Waals surface area contributed by atoms with Gasteiger partial charge >= 0.3 is 0 Å². The van der Waals surface area contributed by atoms with Crippen molar-refractivity contribution in [3.05, 3.63) is 89.7 Å². The van der Waals surface area contributed by atoms with Crippen LogP contribution in [0.4, 0.5) is 11.4 Å². The van der Waals surface area contributed by atoms with Gasteiger partial charge in [-0.1, -0.05) is 23.2 Å². The highest BCUT2D eigenvalue weighted by molar-refractivity contribution is 7.83. The lowest BCUT2D eigenvalue weighted by molar-refractivity contribution is 0.106. The van der Waals surface area contributed by atoms with Crippen LogP contribution in [0.5, 0.6) is 0 Å². The van der Waals surface area contributed by atoms with E-state index in [1.165, 1.54) is 22.7 Å². The van der Waals surface area contributed by atoms with Gasteiger partial charge in [0.2, 0.25) is 11.6 Å². The van der Waals surface area contributed by atoms with E-state index in [-0.39, 0.29) is 23.0 Å². The number of rotatable bonds is 6. The molecule has 0 spiro atoms. The Kier molecular flexibility index (Phi) is 9.97. The smallest absolute Gasteiger partial charge is 0.224 e. The maximum absolute atomic E-state index is 14.1. The average Bonchev–Trinajstić information content (AvgIpc) is 3.52. The first-order valence-corrected chi connectivity index (χ1v) is 17.9. The summed E-state index contributed by atoms with van der Waals surface area (Å²) in [6.45, 7) is 7.33. The molecule has 0 fully saturated rings. The highest BCUT2D eigenvalue weighted by Gasteiger charge is 2.47. The number of halogens is 2. The molecule has 2 aromatic carbocycles. The molecule has 15 heteroatoms. The van der Waals surface area contributed by atoms with E-state index in [1.807, 2.05) is 13.8 Å². The maximum atomic E-state index is 14.1. The van der Waals surface area contributed by atoms with Gasteiger partial charge in [-0.2, -0.15) is 10.2 Å². The molecule has 4 heterocycles. The van der Waals surface area contributed by atoms with Crippen molar-refractivity contribution in [1.29, 1.82) is 0 Å². The van der Waals surface area contributed by atoms with Gasteiger partial charge in [-0.25, -0.2) is 20.0 Å². The number of carbonyl (C=O) groups excluding carboxylic acids is 2. The Morgan fingerprint density at radius 3 is 1.33 bits per heavy atom. The summed E-state index contributed by atoms with van der Waals surface area (Å²) in [7, 11) is -0.611. The number of Topliss-reactive ketones (excluding diaryl/α,β-unsaturated/α-hetero) is 2. The third-order valence-electron chi connectivity index (χ3n) is 6.62. The molecule has 6 rings (SSSR count). The monoisotopic (exact) mass is 701 g/mol. The van der Waals surface area contributed by atoms with Gasteiger partial charge in [0.15, 0.2) is 12.3 Å². The minimum atomic E-state index is -0.778. The fourth-order valence-corrected chi connectivity index (χ4v) is 6.78. The number of hydrogen-bond donors (Lipinski definition) is 1. The Labute approximate surface area is 281 Å². The van der Waals surface area contributed by atoms with Crippen LogP contribution < -0.4 is 15.3 Å². The van der Waals surface area contributed by atoms with Crippen LogP contribution in [0, 0.1) is 27.7 Å². The lowest BCUT2D eigenvalue weighted by Gasteiger charge is -2.45. The highest BCUT2D eigenvalue weighted by Crippen LogP contribution is 2.33. The van der Waals surface area contributed by atoms with Crippen LogP contribution in [0.3, 0.4) is 0 Å². The van der Waals surface area contributed by atoms with E-state index in [0.717, 1.165) is 10.0 Å². The third kappa shape index (κ3) is 7.08. The first-order valence-electron chi connectivity index (χ1n) is 13.6. The molecular formula is C30H29Cl2N7O3S3. The predicted octanol–water partition coefficient (Wildman–Crippen LogP) is 6.19. The second kappa shape index (κ2) is 13.6. The molecular weight excluding hydrogens is 673 g/mol. The second-order valence-electron chi connectivity index (χ2n) is 10.3. The Morgan fingerprint density at radius 2 is 1.04 bits per heavy atom. The summed E-state index contributed by atoms with van der Waals surface area (Å²) in [5.41, 5.74) is 2.93. The number of thiazole rings is 2. The van der Waals surface area contributed by atoms with Crippen molar-refractivity contribution in [1.82, 2.24) is 15.3 Å². The summed E-state index contributed by atoms with van der Waals surface area (Å²) in [5, 5.41) is 19.2. The van der Waals surface area contributed by atoms with Crippen molar-refractivity contribution in [2.75, 3.05) is 22.5 Å². The molecule has 2 bridgehead atoms. The molecule has 45 heavy (non-hydrogen) atoms. The Hall–Kier alpha value is -3.33. The third-order valence-corrected chi connectivity index (χ3v) is 9.27. The van der Waals surface area contributed by atoms with Crippen molar-refractivity contribution >= 4 is 91.0 Å². The average molecular weight is 703 g/mol. The summed E-state index contributed by atoms with van der Waals surface area (Å²) >= 11 is 15.0. The number of ketones is 2. The maximum Gasteiger partial charge on any atom is 0.224 e. The van der Waals surface area contributed by atoms with Crippen molar-refractivity contribution in [2.45, 2.75) is 40.0 Å². The largest absolute Gasteiger partial charge is 0.286 e. The summed E-state index contributed by atoms with van der Waals surface area (Å²) in [6, 6.07) is 14.1. The van der Waals surface area contributed by atoms with Crippen molar-refractivity contribution in [3.8, 4) is 0 Å². The number of aromatic nitrogens is 2. The second-order valence-corrected chi connectivity index (χ2v) is 15.0. The zero-order valence-electron chi connectivity index (χ0n) is 25.2. The molecule has 0 aliphatic carbocycles. The first kappa shape index (κ1) is 33.0. The molecule has 2 aliphatic rings. The quantitative estimate of drug-likeness (QED) is 0.236. The number of fused-ring (bicyclic) bond motifs is 2. The van der Waals surface area contributed by atoms with Gasteiger partial charge in [-0.05, 0) is 76.2 Å². The minimum absolute atomic E-state index is 0.206. The number of hydrogen-bond acceptors (Lipinski definition) is 12. The number of nitrogens with zero attached hydrogens (tertiary/aromatic N) is 6. The fraction of sp³-hybridized carbons (Fsp3) is 0.267. The lowest BCUT2D eigenvalue weighted by atomic mass is 10.0. The van der Waals surface area contributed by atoms with E-state index >= 15 is 0 Å². The number of nitrogens with one attached hydrogen (secondary N) is 1. The summed E-state index contributed by atoms with van der Waals surface area (Å²) in [4.78, 5) is 38.0. The topological polar surface area (TPSA) is 120 Å². The van der Waals surface area contributed by atoms with E-state index in [1.54, 1.807) is 84.9 Å². The van der Waals surface area contributed by atoms with E-state index in [9.17, 15) is 13.8 Å². The molecule has 2 atom stereocenters. The summed E-state index contributed by atoms with van der Waals surface area (Å²) in [6.07, 6.45) is 1.72. The van der Waals surface area contributed by atoms with Crippen molar-refractivity contribution < 1.29 is 13.8 Å². The van der Waals surface area contributed by atoms with Gasteiger partial charge in [0.25, 0.3) is 0 Å². The molecule has 2 aliphatic heterocycles. The lowest BCUT2D eigenvalue weighted by Crippen LogP contribution is -2.69. The first-order chi connectivity index (χ1) is 21.3.